The van der Waals surface area contributed by atoms with Gasteiger partial charge in [0.15, 0.2) is 0 Å². The van der Waals surface area contributed by atoms with Crippen LogP contribution < -0.4 is 15.0 Å². The SMILES string of the molecule is CCN1CCN(c2nc3ccc(NC(=O)/C=C/c4ccc(OC(F)(F)P)cc4)cc3cc2C)CC1. The Hall–Kier alpha value is -3.09. The van der Waals surface area contributed by atoms with Crippen LogP contribution in [0.4, 0.5) is 20.3 Å². The molecule has 1 amide bonds. The minimum Gasteiger partial charge on any atom is -0.430 e. The number of alkyl halides is 2. The summed E-state index contributed by atoms with van der Waals surface area (Å²) >= 11 is 0. The number of ether oxygens (including phenoxy) is 1. The van der Waals surface area contributed by atoms with Crippen molar-refractivity contribution in [2.75, 3.05) is 42.9 Å². The molecule has 0 spiro atoms. The molecule has 0 aliphatic carbocycles. The zero-order chi connectivity index (χ0) is 25.0. The van der Waals surface area contributed by atoms with E-state index in [9.17, 15) is 13.6 Å². The molecule has 184 valence electrons. The molecule has 1 aromatic heterocycles. The molecule has 2 aromatic carbocycles. The van der Waals surface area contributed by atoms with E-state index in [1.54, 1.807) is 18.2 Å². The number of piperazine rings is 1. The lowest BCUT2D eigenvalue weighted by molar-refractivity contribution is -0.111. The molecule has 9 heteroatoms. The summed E-state index contributed by atoms with van der Waals surface area (Å²) in [5.74, 6) is -2.56. The molecule has 1 fully saturated rings. The molecule has 1 saturated heterocycles. The third kappa shape index (κ3) is 6.74. The highest BCUT2D eigenvalue weighted by Gasteiger charge is 2.23. The fourth-order valence-corrected chi connectivity index (χ4v) is 4.24. The van der Waals surface area contributed by atoms with Gasteiger partial charge in [0.25, 0.3) is 0 Å². The van der Waals surface area contributed by atoms with E-state index in [4.69, 9.17) is 4.98 Å². The minimum absolute atomic E-state index is 0.0399. The summed E-state index contributed by atoms with van der Waals surface area (Å²) in [6.07, 6.45) is 3.00. The Morgan fingerprint density at radius 1 is 1.14 bits per heavy atom. The predicted octanol–water partition coefficient (Wildman–Crippen LogP) is 5.14. The average molecular weight is 499 g/mol. The van der Waals surface area contributed by atoms with Crippen LogP contribution in [0.2, 0.25) is 0 Å². The van der Waals surface area contributed by atoms with Crippen molar-refractivity contribution in [2.24, 2.45) is 0 Å². The summed E-state index contributed by atoms with van der Waals surface area (Å²) in [7, 11) is 1.33. The number of carbonyl (C=O) groups excluding carboxylic acids is 1. The van der Waals surface area contributed by atoms with Crippen LogP contribution in [0.3, 0.4) is 0 Å². The van der Waals surface area contributed by atoms with Crippen LogP contribution in [-0.4, -0.2) is 54.4 Å². The highest BCUT2D eigenvalue weighted by molar-refractivity contribution is 7.17. The Kier molecular flexibility index (Phi) is 7.63. The lowest BCUT2D eigenvalue weighted by Gasteiger charge is -2.35. The van der Waals surface area contributed by atoms with Gasteiger partial charge >= 0.3 is 5.85 Å². The molecule has 2 heterocycles. The fourth-order valence-electron chi connectivity index (χ4n) is 4.11. The van der Waals surface area contributed by atoms with Gasteiger partial charge in [0.05, 0.1) is 5.52 Å². The predicted molar refractivity (Wildman–Crippen MR) is 140 cm³/mol. The van der Waals surface area contributed by atoms with E-state index >= 15 is 0 Å². The van der Waals surface area contributed by atoms with Crippen LogP contribution in [0.15, 0.2) is 54.6 Å². The first-order valence-electron chi connectivity index (χ1n) is 11.5. The second-order valence-electron chi connectivity index (χ2n) is 8.51. The van der Waals surface area contributed by atoms with Gasteiger partial charge in [0, 0.05) is 43.3 Å². The lowest BCUT2D eigenvalue weighted by atomic mass is 10.1. The fraction of sp³-hybridized carbons (Fsp3) is 0.308. The Morgan fingerprint density at radius 2 is 1.86 bits per heavy atom. The van der Waals surface area contributed by atoms with E-state index in [-0.39, 0.29) is 11.7 Å². The molecule has 1 atom stereocenters. The van der Waals surface area contributed by atoms with E-state index in [1.807, 2.05) is 18.2 Å². The summed E-state index contributed by atoms with van der Waals surface area (Å²) in [4.78, 5) is 22.1. The maximum Gasteiger partial charge on any atom is 0.408 e. The number of benzene rings is 2. The summed E-state index contributed by atoms with van der Waals surface area (Å²) < 4.78 is 30.2. The van der Waals surface area contributed by atoms with Crippen LogP contribution in [0.25, 0.3) is 17.0 Å². The quantitative estimate of drug-likeness (QED) is 0.361. The molecule has 1 N–H and O–H groups in total. The second-order valence-corrected chi connectivity index (χ2v) is 9.19. The van der Waals surface area contributed by atoms with Crippen molar-refractivity contribution in [3.05, 3.63) is 65.7 Å². The van der Waals surface area contributed by atoms with Gasteiger partial charge in [-0.15, -0.1) is 0 Å². The number of rotatable bonds is 7. The molecule has 35 heavy (non-hydrogen) atoms. The molecule has 0 bridgehead atoms. The Balaban J connectivity index is 1.40. The van der Waals surface area contributed by atoms with Crippen molar-refractivity contribution in [1.29, 1.82) is 0 Å². The van der Waals surface area contributed by atoms with Crippen molar-refractivity contribution in [2.45, 2.75) is 19.7 Å². The monoisotopic (exact) mass is 498 g/mol. The largest absolute Gasteiger partial charge is 0.430 e. The number of likely N-dealkylation sites (N-methyl/N-ethyl adjacent to an activating group) is 1. The van der Waals surface area contributed by atoms with Crippen molar-refractivity contribution in [1.82, 2.24) is 9.88 Å². The van der Waals surface area contributed by atoms with Crippen LogP contribution >= 0.6 is 9.24 Å². The van der Waals surface area contributed by atoms with Gasteiger partial charge in [-0.3, -0.25) is 4.79 Å². The van der Waals surface area contributed by atoms with Crippen molar-refractivity contribution < 1.29 is 18.3 Å². The van der Waals surface area contributed by atoms with E-state index in [2.05, 4.69) is 39.8 Å². The molecule has 4 rings (SSSR count). The number of nitrogens with zero attached hydrogens (tertiary/aromatic N) is 3. The van der Waals surface area contributed by atoms with E-state index < -0.39 is 5.85 Å². The van der Waals surface area contributed by atoms with E-state index in [1.165, 1.54) is 27.4 Å². The number of hydrogen-bond acceptors (Lipinski definition) is 5. The second kappa shape index (κ2) is 10.7. The third-order valence-corrected chi connectivity index (χ3v) is 6.04. The maximum atomic E-state index is 12.9. The smallest absolute Gasteiger partial charge is 0.408 e. The molecule has 0 radical (unpaired) electrons. The summed E-state index contributed by atoms with van der Waals surface area (Å²) in [6.45, 7) is 9.34. The van der Waals surface area contributed by atoms with Gasteiger partial charge in [-0.1, -0.05) is 19.1 Å². The number of fused-ring (bicyclic) bond motifs is 1. The normalized spacial score (nSPS) is 15.1. The number of halogens is 2. The highest BCUT2D eigenvalue weighted by atomic mass is 31.0. The molecule has 1 unspecified atom stereocenters. The zero-order valence-electron chi connectivity index (χ0n) is 19.8. The highest BCUT2D eigenvalue weighted by Crippen LogP contribution is 2.28. The number of anilines is 2. The van der Waals surface area contributed by atoms with Gasteiger partial charge in [-0.05, 0) is 76.3 Å². The Bertz CT molecular complexity index is 1220. The molecule has 6 nitrogen and oxygen atoms in total. The van der Waals surface area contributed by atoms with E-state index in [0.717, 1.165) is 55.0 Å². The van der Waals surface area contributed by atoms with Crippen molar-refractivity contribution in [3.8, 4) is 5.75 Å². The lowest BCUT2D eigenvalue weighted by Crippen LogP contribution is -2.46. The molecule has 1 aliphatic rings. The molecular weight excluding hydrogens is 469 g/mol. The van der Waals surface area contributed by atoms with Gasteiger partial charge in [-0.25, -0.2) is 4.98 Å². The maximum absolute atomic E-state index is 12.9. The first kappa shape index (κ1) is 25.0. The third-order valence-electron chi connectivity index (χ3n) is 5.93. The van der Waals surface area contributed by atoms with Gasteiger partial charge in [0.1, 0.15) is 11.6 Å². The summed E-state index contributed by atoms with van der Waals surface area (Å²) in [6, 6.07) is 13.8. The van der Waals surface area contributed by atoms with Crippen molar-refractivity contribution in [3.63, 3.8) is 0 Å². The standard InChI is InChI=1S/C26H29F2N4O2P/c1-3-31-12-14-32(15-13-31)25-18(2)16-20-17-21(7-10-23(20)30-25)29-24(33)11-6-19-4-8-22(9-5-19)34-26(27,28)35/h4-11,16-17H,3,12-15,35H2,1-2H3,(H,29,33)/b11-6+. The van der Waals surface area contributed by atoms with Gasteiger partial charge in [0.2, 0.25) is 5.91 Å². The molecule has 0 saturated carbocycles. The van der Waals surface area contributed by atoms with Crippen LogP contribution in [0, 0.1) is 6.92 Å². The number of carbonyl (C=O) groups is 1. The first-order valence-corrected chi connectivity index (χ1v) is 12.1. The Morgan fingerprint density at radius 3 is 2.51 bits per heavy atom. The summed E-state index contributed by atoms with van der Waals surface area (Å²) in [5, 5.41) is 3.82. The van der Waals surface area contributed by atoms with Gasteiger partial charge in [-0.2, -0.15) is 8.78 Å². The van der Waals surface area contributed by atoms with Crippen molar-refractivity contribution >= 4 is 43.6 Å². The van der Waals surface area contributed by atoms with E-state index in [0.29, 0.717) is 11.3 Å². The molecule has 3 aromatic rings. The number of nitrogens with one attached hydrogen (secondary N) is 1. The number of amides is 1. The Labute approximate surface area is 206 Å². The average Bonchev–Trinajstić information content (AvgIpc) is 2.82. The minimum atomic E-state index is -3.32. The van der Waals surface area contributed by atoms with Gasteiger partial charge < -0.3 is 19.9 Å². The topological polar surface area (TPSA) is 57.7 Å². The number of hydrogen-bond donors (Lipinski definition) is 1. The molecule has 1 aliphatic heterocycles. The summed E-state index contributed by atoms with van der Waals surface area (Å²) in [5.41, 5.74) is 3.35. The zero-order valence-corrected chi connectivity index (χ0v) is 21.0. The first-order chi connectivity index (χ1) is 16.7. The van der Waals surface area contributed by atoms with Crippen LogP contribution in [-0.2, 0) is 4.79 Å². The number of aryl methyl sites for hydroxylation is 1. The number of aromatic nitrogens is 1. The van der Waals surface area contributed by atoms with Crippen LogP contribution in [0.1, 0.15) is 18.1 Å². The number of pyridine rings is 1. The van der Waals surface area contributed by atoms with Crippen LogP contribution in [0.5, 0.6) is 5.75 Å². The molecular formula is C26H29F2N4O2P.